The van der Waals surface area contributed by atoms with Crippen molar-refractivity contribution in [1.29, 1.82) is 0 Å². The smallest absolute Gasteiger partial charge is 0.0214 e. The van der Waals surface area contributed by atoms with Gasteiger partial charge >= 0.3 is 0 Å². The highest BCUT2D eigenvalue weighted by atomic mass is 32.2. The van der Waals surface area contributed by atoms with E-state index in [0.717, 1.165) is 6.04 Å². The molecule has 0 amide bonds. The maximum Gasteiger partial charge on any atom is 0.0214 e. The molecule has 0 atom stereocenters. The first-order valence-electron chi connectivity index (χ1n) is 8.13. The zero-order valence-corrected chi connectivity index (χ0v) is 12.6. The first-order valence-corrected chi connectivity index (χ1v) is 8.90. The first kappa shape index (κ1) is 14.7. The van der Waals surface area contributed by atoms with Gasteiger partial charge < -0.3 is 0 Å². The van der Waals surface area contributed by atoms with E-state index < -0.39 is 0 Å². The van der Waals surface area contributed by atoms with Crippen molar-refractivity contribution in [3.8, 4) is 0 Å². The average molecular weight is 270 g/mol. The van der Waals surface area contributed by atoms with Gasteiger partial charge in [-0.2, -0.15) is 0 Å². The summed E-state index contributed by atoms with van der Waals surface area (Å²) in [5.41, 5.74) is 0. The van der Waals surface area contributed by atoms with E-state index in [1.807, 2.05) is 12.1 Å². The zero-order valence-electron chi connectivity index (χ0n) is 11.8. The van der Waals surface area contributed by atoms with E-state index in [9.17, 15) is 0 Å². The Morgan fingerprint density at radius 1 is 0.722 bits per heavy atom. The van der Waals surface area contributed by atoms with Gasteiger partial charge in [0.25, 0.3) is 0 Å². The molecule has 0 aromatic heterocycles. The maximum absolute atomic E-state index is 3.57. The molecule has 1 aliphatic carbocycles. The Morgan fingerprint density at radius 2 is 1.33 bits per heavy atom. The van der Waals surface area contributed by atoms with Crippen LogP contribution in [0.1, 0.15) is 77.0 Å². The average Bonchev–Trinajstić information content (AvgIpc) is 2.61. The van der Waals surface area contributed by atoms with Crippen molar-refractivity contribution < 1.29 is 0 Å². The van der Waals surface area contributed by atoms with Crippen LogP contribution in [0.15, 0.2) is 0 Å². The minimum atomic E-state index is 0.832. The van der Waals surface area contributed by atoms with Crippen molar-refractivity contribution in [2.24, 2.45) is 0 Å². The van der Waals surface area contributed by atoms with E-state index in [2.05, 4.69) is 9.03 Å². The van der Waals surface area contributed by atoms with Crippen LogP contribution in [0, 0.1) is 0 Å². The lowest BCUT2D eigenvalue weighted by Crippen LogP contribution is -2.33. The summed E-state index contributed by atoms with van der Waals surface area (Å²) in [7, 11) is 0. The molecule has 106 valence electrons. The number of nitrogens with zero attached hydrogens (tertiary/aromatic N) is 1. The van der Waals surface area contributed by atoms with Crippen LogP contribution in [0.5, 0.6) is 0 Å². The van der Waals surface area contributed by atoms with Crippen LogP contribution in [-0.2, 0) is 0 Å². The van der Waals surface area contributed by atoms with Crippen molar-refractivity contribution >= 4 is 12.1 Å². The second kappa shape index (κ2) is 9.22. The fraction of sp³-hybridized carbons (Fsp3) is 1.00. The third kappa shape index (κ3) is 5.50. The van der Waals surface area contributed by atoms with Crippen LogP contribution in [-0.4, -0.2) is 23.4 Å². The van der Waals surface area contributed by atoms with E-state index in [4.69, 9.17) is 0 Å². The van der Waals surface area contributed by atoms with Crippen molar-refractivity contribution in [2.45, 2.75) is 83.1 Å². The molecule has 0 spiro atoms. The molecule has 1 heterocycles. The highest BCUT2D eigenvalue weighted by Crippen LogP contribution is 2.25. The van der Waals surface area contributed by atoms with Crippen LogP contribution in [0.4, 0.5) is 0 Å². The van der Waals surface area contributed by atoms with E-state index in [1.54, 1.807) is 0 Å². The lowest BCUT2D eigenvalue weighted by molar-refractivity contribution is 0.301. The summed E-state index contributed by atoms with van der Waals surface area (Å²) in [6.07, 6.45) is 17.2. The summed E-state index contributed by atoms with van der Waals surface area (Å²) in [6.45, 7) is 2.48. The predicted octanol–water partition coefficient (Wildman–Crippen LogP) is 4.52. The Hall–Kier alpha value is 0.270. The standard InChI is InChI=1S/C15H30N2S/c1-2-4-8-12-15(11-7-3-1)17-14-10-6-5-9-13-16-18-17/h15-16H,1-14H2. The molecular weight excluding hydrogens is 240 g/mol. The Kier molecular flexibility index (Phi) is 7.51. The highest BCUT2D eigenvalue weighted by Gasteiger charge is 2.19. The Morgan fingerprint density at radius 3 is 2.11 bits per heavy atom. The first-order chi connectivity index (χ1) is 8.97. The molecule has 0 unspecified atom stereocenters. The molecule has 2 aliphatic rings. The lowest BCUT2D eigenvalue weighted by atomic mass is 10.0. The summed E-state index contributed by atoms with van der Waals surface area (Å²) in [4.78, 5) is 0. The fourth-order valence-electron chi connectivity index (χ4n) is 3.15. The van der Waals surface area contributed by atoms with Crippen molar-refractivity contribution in [3.63, 3.8) is 0 Å². The van der Waals surface area contributed by atoms with Crippen LogP contribution in [0.3, 0.4) is 0 Å². The topological polar surface area (TPSA) is 15.3 Å². The molecule has 1 saturated carbocycles. The van der Waals surface area contributed by atoms with Crippen LogP contribution >= 0.6 is 12.1 Å². The zero-order chi connectivity index (χ0) is 12.5. The molecule has 0 aromatic carbocycles. The summed E-state index contributed by atoms with van der Waals surface area (Å²) in [5.74, 6) is 0. The molecule has 2 rings (SSSR count). The van der Waals surface area contributed by atoms with Gasteiger partial charge in [0.2, 0.25) is 0 Å². The third-order valence-corrected chi connectivity index (χ3v) is 5.37. The number of rotatable bonds is 1. The SMILES string of the molecule is C1CCCCC(N2CCCCCCNS2)CCC1. The van der Waals surface area contributed by atoms with Crippen molar-refractivity contribution in [2.75, 3.05) is 13.1 Å². The molecule has 2 fully saturated rings. The van der Waals surface area contributed by atoms with Crippen LogP contribution in [0.25, 0.3) is 0 Å². The van der Waals surface area contributed by atoms with Gasteiger partial charge in [0, 0.05) is 31.3 Å². The predicted molar refractivity (Wildman–Crippen MR) is 81.5 cm³/mol. The molecule has 3 heteroatoms. The van der Waals surface area contributed by atoms with Gasteiger partial charge in [-0.1, -0.05) is 51.4 Å². The van der Waals surface area contributed by atoms with Gasteiger partial charge in [0.1, 0.15) is 0 Å². The molecule has 2 nitrogen and oxygen atoms in total. The molecule has 0 aromatic rings. The fourth-order valence-corrected chi connectivity index (χ4v) is 4.13. The largest absolute Gasteiger partial charge is 0.251 e. The normalized spacial score (nSPS) is 27.3. The number of hydrogen-bond donors (Lipinski definition) is 1. The van der Waals surface area contributed by atoms with Crippen LogP contribution < -0.4 is 4.72 Å². The monoisotopic (exact) mass is 270 g/mol. The third-order valence-electron chi connectivity index (χ3n) is 4.32. The molecule has 18 heavy (non-hydrogen) atoms. The van der Waals surface area contributed by atoms with E-state index in [-0.39, 0.29) is 0 Å². The highest BCUT2D eigenvalue weighted by molar-refractivity contribution is 7.95. The molecule has 0 radical (unpaired) electrons. The maximum atomic E-state index is 3.57. The molecule has 1 saturated heterocycles. The second-order valence-electron chi connectivity index (χ2n) is 5.89. The Bertz CT molecular complexity index is 169. The Labute approximate surface area is 118 Å². The van der Waals surface area contributed by atoms with Gasteiger partial charge in [-0.3, -0.25) is 4.72 Å². The minimum absolute atomic E-state index is 0.832. The van der Waals surface area contributed by atoms with E-state index in [1.165, 1.54) is 90.1 Å². The van der Waals surface area contributed by atoms with Gasteiger partial charge in [0.15, 0.2) is 0 Å². The number of nitrogens with one attached hydrogen (secondary N) is 1. The second-order valence-corrected chi connectivity index (χ2v) is 6.83. The quantitative estimate of drug-likeness (QED) is 0.705. The van der Waals surface area contributed by atoms with Crippen LogP contribution in [0.2, 0.25) is 0 Å². The molecule has 1 N–H and O–H groups in total. The summed E-state index contributed by atoms with van der Waals surface area (Å²) < 4.78 is 6.25. The molecule has 0 bridgehead atoms. The van der Waals surface area contributed by atoms with Gasteiger partial charge in [0.05, 0.1) is 0 Å². The lowest BCUT2D eigenvalue weighted by Gasteiger charge is -2.30. The summed E-state index contributed by atoms with van der Waals surface area (Å²) >= 11 is 1.92. The molecule has 1 aliphatic heterocycles. The van der Waals surface area contributed by atoms with Gasteiger partial charge in [-0.05, 0) is 25.7 Å². The van der Waals surface area contributed by atoms with Crippen molar-refractivity contribution in [1.82, 2.24) is 9.03 Å². The van der Waals surface area contributed by atoms with Crippen molar-refractivity contribution in [3.05, 3.63) is 0 Å². The minimum Gasteiger partial charge on any atom is -0.251 e. The van der Waals surface area contributed by atoms with E-state index >= 15 is 0 Å². The van der Waals surface area contributed by atoms with E-state index in [0.29, 0.717) is 0 Å². The Balaban J connectivity index is 1.83. The number of hydrogen-bond acceptors (Lipinski definition) is 3. The molecular formula is C15H30N2S. The van der Waals surface area contributed by atoms with Gasteiger partial charge in [-0.25, -0.2) is 4.31 Å². The summed E-state index contributed by atoms with van der Waals surface area (Å²) in [5, 5.41) is 0. The summed E-state index contributed by atoms with van der Waals surface area (Å²) in [6, 6.07) is 0.832. The van der Waals surface area contributed by atoms with Gasteiger partial charge in [-0.15, -0.1) is 0 Å².